The van der Waals surface area contributed by atoms with E-state index in [0.29, 0.717) is 6.54 Å². The molecule has 1 atom stereocenters. The van der Waals surface area contributed by atoms with Crippen molar-refractivity contribution in [3.8, 4) is 5.75 Å². The van der Waals surface area contributed by atoms with Gasteiger partial charge in [-0.3, -0.25) is 0 Å². The second kappa shape index (κ2) is 9.23. The van der Waals surface area contributed by atoms with Crippen LogP contribution in [0.1, 0.15) is 6.92 Å². The molecule has 0 aliphatic carbocycles. The molecule has 108 valence electrons. The number of aliphatic hydroxyl groups is 1. The summed E-state index contributed by atoms with van der Waals surface area (Å²) in [6, 6.07) is 2.78. The fraction of sp³-hybridized carbons (Fsp3) is 0.364. The molecule has 0 radical (unpaired) electrons. The van der Waals surface area contributed by atoms with Gasteiger partial charge in [-0.1, -0.05) is 34.8 Å². The highest BCUT2D eigenvalue weighted by Gasteiger charge is 2.15. The van der Waals surface area contributed by atoms with Crippen LogP contribution >= 0.6 is 34.8 Å². The topological polar surface area (TPSA) is 92.8 Å². The SMILES string of the molecule is CC(Oc1cc(Cl)c(Cl)cc1Cl)C(=O)O.NCCO. The van der Waals surface area contributed by atoms with Crippen LogP contribution in [0.5, 0.6) is 5.75 Å². The van der Waals surface area contributed by atoms with Crippen molar-refractivity contribution in [2.75, 3.05) is 13.2 Å². The number of benzene rings is 1. The molecule has 0 heterocycles. The summed E-state index contributed by atoms with van der Waals surface area (Å²) in [5.74, 6) is -0.891. The van der Waals surface area contributed by atoms with Gasteiger partial charge >= 0.3 is 5.97 Å². The molecular weight excluding hydrogens is 316 g/mol. The molecule has 0 saturated heterocycles. The van der Waals surface area contributed by atoms with Crippen LogP contribution in [-0.4, -0.2) is 35.4 Å². The van der Waals surface area contributed by atoms with Crippen LogP contribution in [0.15, 0.2) is 12.1 Å². The maximum atomic E-state index is 10.5. The third kappa shape index (κ3) is 6.84. The lowest BCUT2D eigenvalue weighted by Crippen LogP contribution is -2.22. The minimum Gasteiger partial charge on any atom is -0.479 e. The van der Waals surface area contributed by atoms with Gasteiger partial charge in [-0.05, 0) is 13.0 Å². The minimum atomic E-state index is -1.09. The van der Waals surface area contributed by atoms with Gasteiger partial charge in [-0.2, -0.15) is 0 Å². The van der Waals surface area contributed by atoms with E-state index in [1.807, 2.05) is 0 Å². The van der Waals surface area contributed by atoms with Crippen LogP contribution in [0.4, 0.5) is 0 Å². The minimum absolute atomic E-state index is 0.0972. The van der Waals surface area contributed by atoms with Crippen LogP contribution < -0.4 is 10.5 Å². The summed E-state index contributed by atoms with van der Waals surface area (Å²) in [7, 11) is 0. The van der Waals surface area contributed by atoms with Gasteiger partial charge in [0.1, 0.15) is 5.75 Å². The summed E-state index contributed by atoms with van der Waals surface area (Å²) in [4.78, 5) is 10.5. The molecule has 0 fully saturated rings. The lowest BCUT2D eigenvalue weighted by molar-refractivity contribution is -0.144. The van der Waals surface area contributed by atoms with Crippen LogP contribution in [-0.2, 0) is 4.79 Å². The molecule has 1 rings (SSSR count). The van der Waals surface area contributed by atoms with E-state index in [4.69, 9.17) is 55.5 Å². The Morgan fingerprint density at radius 2 is 1.79 bits per heavy atom. The zero-order valence-electron chi connectivity index (χ0n) is 10.1. The lowest BCUT2D eigenvalue weighted by Gasteiger charge is -2.12. The van der Waals surface area contributed by atoms with E-state index in [1.165, 1.54) is 19.1 Å². The zero-order chi connectivity index (χ0) is 15.0. The van der Waals surface area contributed by atoms with Crippen molar-refractivity contribution in [3.63, 3.8) is 0 Å². The predicted octanol–water partition coefficient (Wildman–Crippen LogP) is 2.44. The average molecular weight is 331 g/mol. The Kier molecular flexibility index (Phi) is 8.88. The summed E-state index contributed by atoms with van der Waals surface area (Å²) < 4.78 is 5.07. The van der Waals surface area contributed by atoms with Gasteiger partial charge in [-0.15, -0.1) is 0 Å². The molecule has 0 aromatic heterocycles. The van der Waals surface area contributed by atoms with Crippen molar-refractivity contribution in [2.24, 2.45) is 5.73 Å². The summed E-state index contributed by atoms with van der Waals surface area (Å²) in [6.07, 6.45) is -1.00. The number of rotatable bonds is 4. The van der Waals surface area contributed by atoms with Gasteiger partial charge in [0, 0.05) is 12.6 Å². The third-order valence-electron chi connectivity index (χ3n) is 1.76. The van der Waals surface area contributed by atoms with Crippen LogP contribution in [0.2, 0.25) is 15.1 Å². The molecule has 0 aliphatic heterocycles. The Balaban J connectivity index is 0.000000711. The Hall–Kier alpha value is -0.720. The number of carboxylic acid groups (broad SMARTS) is 1. The first kappa shape index (κ1) is 18.3. The van der Waals surface area contributed by atoms with Crippen molar-refractivity contribution < 1.29 is 19.7 Å². The molecule has 5 nitrogen and oxygen atoms in total. The maximum Gasteiger partial charge on any atom is 0.344 e. The van der Waals surface area contributed by atoms with E-state index in [2.05, 4.69) is 0 Å². The van der Waals surface area contributed by atoms with Crippen molar-refractivity contribution in [1.29, 1.82) is 0 Å². The number of hydrogen-bond donors (Lipinski definition) is 3. The normalized spacial score (nSPS) is 11.3. The molecule has 0 spiro atoms. The van der Waals surface area contributed by atoms with E-state index >= 15 is 0 Å². The van der Waals surface area contributed by atoms with Gasteiger partial charge in [0.05, 0.1) is 21.7 Å². The van der Waals surface area contributed by atoms with Crippen LogP contribution in [0.25, 0.3) is 0 Å². The number of carbonyl (C=O) groups is 1. The fourth-order valence-electron chi connectivity index (χ4n) is 0.835. The number of aliphatic hydroxyl groups excluding tert-OH is 1. The number of ether oxygens (including phenoxy) is 1. The molecule has 19 heavy (non-hydrogen) atoms. The summed E-state index contributed by atoms with van der Waals surface area (Å²) >= 11 is 17.2. The molecule has 0 bridgehead atoms. The number of aliphatic carboxylic acids is 1. The first-order valence-corrected chi connectivity index (χ1v) is 6.31. The molecule has 0 saturated carbocycles. The van der Waals surface area contributed by atoms with Gasteiger partial charge in [-0.25, -0.2) is 4.79 Å². The highest BCUT2D eigenvalue weighted by molar-refractivity contribution is 6.43. The Morgan fingerprint density at radius 3 is 2.21 bits per heavy atom. The smallest absolute Gasteiger partial charge is 0.344 e. The van der Waals surface area contributed by atoms with E-state index in [9.17, 15) is 4.79 Å². The third-order valence-corrected chi connectivity index (χ3v) is 2.77. The predicted molar refractivity (Wildman–Crippen MR) is 75.3 cm³/mol. The number of nitrogens with two attached hydrogens (primary N) is 1. The summed E-state index contributed by atoms with van der Waals surface area (Å²) in [5, 5.41) is 17.1. The standard InChI is InChI=1S/C9H7Cl3O3.C2H7NO/c1-4(9(13)14)15-8-3-6(11)5(10)2-7(8)12;3-1-2-4/h2-4H,1H3,(H,13,14);4H,1-3H2. The van der Waals surface area contributed by atoms with E-state index in [0.717, 1.165) is 0 Å². The molecule has 4 N–H and O–H groups in total. The molecular formula is C11H14Cl3NO4. The Morgan fingerprint density at radius 1 is 1.32 bits per heavy atom. The van der Waals surface area contributed by atoms with Crippen molar-refractivity contribution in [3.05, 3.63) is 27.2 Å². The zero-order valence-corrected chi connectivity index (χ0v) is 12.3. The molecule has 0 aliphatic rings. The van der Waals surface area contributed by atoms with Gasteiger partial charge in [0.25, 0.3) is 0 Å². The molecule has 1 aromatic carbocycles. The summed E-state index contributed by atoms with van der Waals surface area (Å²) in [5.41, 5.74) is 4.78. The highest BCUT2D eigenvalue weighted by Crippen LogP contribution is 2.34. The van der Waals surface area contributed by atoms with Gasteiger partial charge in [0.15, 0.2) is 6.10 Å². The fourth-order valence-corrected chi connectivity index (χ4v) is 1.42. The number of carboxylic acids is 1. The summed E-state index contributed by atoms with van der Waals surface area (Å²) in [6.45, 7) is 1.86. The van der Waals surface area contributed by atoms with Gasteiger partial charge in [0.2, 0.25) is 0 Å². The van der Waals surface area contributed by atoms with Gasteiger partial charge < -0.3 is 20.7 Å². The van der Waals surface area contributed by atoms with E-state index in [-0.39, 0.29) is 27.4 Å². The second-order valence-electron chi connectivity index (χ2n) is 3.31. The largest absolute Gasteiger partial charge is 0.479 e. The molecule has 0 amide bonds. The number of hydrogen-bond acceptors (Lipinski definition) is 4. The first-order chi connectivity index (χ1) is 8.83. The number of halogens is 3. The maximum absolute atomic E-state index is 10.5. The van der Waals surface area contributed by atoms with Crippen molar-refractivity contribution in [2.45, 2.75) is 13.0 Å². The van der Waals surface area contributed by atoms with Crippen LogP contribution in [0.3, 0.4) is 0 Å². The van der Waals surface area contributed by atoms with Crippen molar-refractivity contribution >= 4 is 40.8 Å². The average Bonchev–Trinajstić information content (AvgIpc) is 2.36. The molecule has 8 heteroatoms. The van der Waals surface area contributed by atoms with E-state index in [1.54, 1.807) is 0 Å². The second-order valence-corrected chi connectivity index (χ2v) is 4.53. The first-order valence-electron chi connectivity index (χ1n) is 5.18. The molecule has 1 unspecified atom stereocenters. The monoisotopic (exact) mass is 329 g/mol. The quantitative estimate of drug-likeness (QED) is 0.737. The van der Waals surface area contributed by atoms with Crippen LogP contribution in [0, 0.1) is 0 Å². The Bertz CT molecular complexity index is 427. The highest BCUT2D eigenvalue weighted by atomic mass is 35.5. The molecule has 1 aromatic rings. The van der Waals surface area contributed by atoms with E-state index < -0.39 is 12.1 Å². The lowest BCUT2D eigenvalue weighted by atomic mass is 10.3. The Labute approximate surface area is 125 Å². The van der Waals surface area contributed by atoms with Crippen molar-refractivity contribution in [1.82, 2.24) is 0 Å².